The van der Waals surface area contributed by atoms with E-state index < -0.39 is 0 Å². The molecule has 0 bridgehead atoms. The molecule has 1 atom stereocenters. The lowest BCUT2D eigenvalue weighted by atomic mass is 10.3. The third-order valence-corrected chi connectivity index (χ3v) is 2.16. The van der Waals surface area contributed by atoms with Gasteiger partial charge in [0.05, 0.1) is 11.0 Å². The van der Waals surface area contributed by atoms with Crippen LogP contribution >= 0.6 is 0 Å². The lowest BCUT2D eigenvalue weighted by Crippen LogP contribution is -2.12. The molecule has 15 heavy (non-hydrogen) atoms. The SMILES string of the molecule is C=CC(C)Nc1nc2ccc(F)cc2[nH]1. The Labute approximate surface area is 87.0 Å². The van der Waals surface area contributed by atoms with E-state index in [1.54, 1.807) is 12.1 Å². The first-order valence-electron chi connectivity index (χ1n) is 4.73. The molecule has 4 heteroatoms. The largest absolute Gasteiger partial charge is 0.350 e. The number of hydrogen-bond acceptors (Lipinski definition) is 2. The van der Waals surface area contributed by atoms with E-state index in [1.165, 1.54) is 12.1 Å². The lowest BCUT2D eigenvalue weighted by molar-refractivity contribution is 0.629. The summed E-state index contributed by atoms with van der Waals surface area (Å²) in [5.74, 6) is 0.359. The summed E-state index contributed by atoms with van der Waals surface area (Å²) in [6.45, 7) is 5.62. The molecule has 0 radical (unpaired) electrons. The number of H-pyrrole nitrogens is 1. The molecule has 0 aliphatic heterocycles. The average Bonchev–Trinajstić information content (AvgIpc) is 2.59. The molecule has 2 aromatic rings. The number of fused-ring (bicyclic) bond motifs is 1. The zero-order valence-electron chi connectivity index (χ0n) is 8.42. The first-order chi connectivity index (χ1) is 7.19. The topological polar surface area (TPSA) is 40.7 Å². The van der Waals surface area contributed by atoms with Crippen molar-refractivity contribution in [2.45, 2.75) is 13.0 Å². The average molecular weight is 205 g/mol. The summed E-state index contributed by atoms with van der Waals surface area (Å²) >= 11 is 0. The van der Waals surface area contributed by atoms with Gasteiger partial charge in [0.25, 0.3) is 0 Å². The quantitative estimate of drug-likeness (QED) is 0.756. The van der Waals surface area contributed by atoms with E-state index in [-0.39, 0.29) is 11.9 Å². The van der Waals surface area contributed by atoms with Gasteiger partial charge in [0.2, 0.25) is 5.95 Å². The van der Waals surface area contributed by atoms with E-state index >= 15 is 0 Å². The molecule has 3 nitrogen and oxygen atoms in total. The van der Waals surface area contributed by atoms with Crippen LogP contribution in [0.1, 0.15) is 6.92 Å². The summed E-state index contributed by atoms with van der Waals surface area (Å²) in [6.07, 6.45) is 1.77. The summed E-state index contributed by atoms with van der Waals surface area (Å²) in [6, 6.07) is 4.58. The highest BCUT2D eigenvalue weighted by Crippen LogP contribution is 2.15. The molecular formula is C11H12FN3. The van der Waals surface area contributed by atoms with Crippen LogP contribution in [0.5, 0.6) is 0 Å². The number of aromatic nitrogens is 2. The molecule has 0 spiro atoms. The minimum absolute atomic E-state index is 0.121. The number of imidazole rings is 1. The van der Waals surface area contributed by atoms with Crippen LogP contribution in [-0.4, -0.2) is 16.0 Å². The van der Waals surface area contributed by atoms with Gasteiger partial charge < -0.3 is 10.3 Å². The van der Waals surface area contributed by atoms with Crippen molar-refractivity contribution in [2.75, 3.05) is 5.32 Å². The van der Waals surface area contributed by atoms with E-state index in [4.69, 9.17) is 0 Å². The highest BCUT2D eigenvalue weighted by atomic mass is 19.1. The number of hydrogen-bond donors (Lipinski definition) is 2. The Morgan fingerprint density at radius 1 is 1.60 bits per heavy atom. The number of nitrogens with one attached hydrogen (secondary N) is 2. The van der Waals surface area contributed by atoms with Gasteiger partial charge in [-0.3, -0.25) is 0 Å². The molecule has 0 fully saturated rings. The van der Waals surface area contributed by atoms with Crippen LogP contribution in [0.4, 0.5) is 10.3 Å². The van der Waals surface area contributed by atoms with Gasteiger partial charge in [-0.1, -0.05) is 6.08 Å². The van der Waals surface area contributed by atoms with E-state index in [9.17, 15) is 4.39 Å². The lowest BCUT2D eigenvalue weighted by Gasteiger charge is -2.05. The van der Waals surface area contributed by atoms with Crippen molar-refractivity contribution < 1.29 is 4.39 Å². The molecule has 1 aromatic heterocycles. The third kappa shape index (κ3) is 1.98. The van der Waals surface area contributed by atoms with Crippen molar-refractivity contribution in [3.05, 3.63) is 36.7 Å². The molecule has 78 valence electrons. The monoisotopic (exact) mass is 205 g/mol. The van der Waals surface area contributed by atoms with E-state index in [2.05, 4.69) is 21.9 Å². The van der Waals surface area contributed by atoms with Gasteiger partial charge in [-0.15, -0.1) is 6.58 Å². The number of benzene rings is 1. The molecule has 0 saturated heterocycles. The number of halogens is 1. The van der Waals surface area contributed by atoms with Crippen LogP contribution in [-0.2, 0) is 0 Å². The summed E-state index contributed by atoms with van der Waals surface area (Å²) in [5.41, 5.74) is 1.43. The Morgan fingerprint density at radius 3 is 3.13 bits per heavy atom. The molecule has 2 rings (SSSR count). The maximum absolute atomic E-state index is 12.9. The molecule has 0 saturated carbocycles. The molecular weight excluding hydrogens is 193 g/mol. The fraction of sp³-hybridized carbons (Fsp3) is 0.182. The van der Waals surface area contributed by atoms with E-state index in [0.29, 0.717) is 11.5 Å². The van der Waals surface area contributed by atoms with Crippen molar-refractivity contribution in [1.82, 2.24) is 9.97 Å². The van der Waals surface area contributed by atoms with Crippen LogP contribution in [0.25, 0.3) is 11.0 Å². The number of anilines is 1. The molecule has 1 heterocycles. The maximum Gasteiger partial charge on any atom is 0.201 e. The van der Waals surface area contributed by atoms with Gasteiger partial charge >= 0.3 is 0 Å². The van der Waals surface area contributed by atoms with Gasteiger partial charge in [0.1, 0.15) is 5.82 Å². The second-order valence-electron chi connectivity index (χ2n) is 3.42. The molecule has 0 aliphatic rings. The molecule has 0 amide bonds. The zero-order valence-corrected chi connectivity index (χ0v) is 8.42. The van der Waals surface area contributed by atoms with E-state index in [1.807, 2.05) is 6.92 Å². The molecule has 2 N–H and O–H groups in total. The van der Waals surface area contributed by atoms with Crippen LogP contribution in [0.3, 0.4) is 0 Å². The molecule has 0 aliphatic carbocycles. The second kappa shape index (κ2) is 3.73. The number of aromatic amines is 1. The Hall–Kier alpha value is -1.84. The van der Waals surface area contributed by atoms with Crippen LogP contribution in [0, 0.1) is 5.82 Å². The van der Waals surface area contributed by atoms with Crippen molar-refractivity contribution >= 4 is 17.0 Å². The van der Waals surface area contributed by atoms with Gasteiger partial charge in [-0.05, 0) is 25.1 Å². The summed E-state index contributed by atoms with van der Waals surface area (Å²) < 4.78 is 12.9. The van der Waals surface area contributed by atoms with Gasteiger partial charge in [-0.25, -0.2) is 9.37 Å². The van der Waals surface area contributed by atoms with Gasteiger partial charge in [-0.2, -0.15) is 0 Å². The van der Waals surface area contributed by atoms with Crippen LogP contribution in [0.15, 0.2) is 30.9 Å². The Bertz CT molecular complexity index is 490. The minimum atomic E-state index is -0.269. The normalized spacial score (nSPS) is 12.7. The molecule has 1 unspecified atom stereocenters. The first-order valence-corrected chi connectivity index (χ1v) is 4.73. The summed E-state index contributed by atoms with van der Waals surface area (Å²) in [7, 11) is 0. The number of rotatable bonds is 3. The van der Waals surface area contributed by atoms with Gasteiger partial charge in [0, 0.05) is 6.04 Å². The standard InChI is InChI=1S/C11H12FN3/c1-3-7(2)13-11-14-9-5-4-8(12)6-10(9)15-11/h3-7H,1H2,2H3,(H2,13,14,15). The first kappa shape index (κ1) is 9.71. The summed E-state index contributed by atoms with van der Waals surface area (Å²) in [5, 5.41) is 3.09. The minimum Gasteiger partial charge on any atom is -0.350 e. The van der Waals surface area contributed by atoms with Crippen molar-refractivity contribution in [3.63, 3.8) is 0 Å². The Kier molecular flexibility index (Phi) is 2.41. The van der Waals surface area contributed by atoms with Crippen molar-refractivity contribution in [2.24, 2.45) is 0 Å². The van der Waals surface area contributed by atoms with E-state index in [0.717, 1.165) is 5.52 Å². The summed E-state index contributed by atoms with van der Waals surface area (Å²) in [4.78, 5) is 7.25. The predicted octanol–water partition coefficient (Wildman–Crippen LogP) is 2.69. The van der Waals surface area contributed by atoms with Crippen molar-refractivity contribution in [3.8, 4) is 0 Å². The highest BCUT2D eigenvalue weighted by molar-refractivity contribution is 5.77. The highest BCUT2D eigenvalue weighted by Gasteiger charge is 2.04. The van der Waals surface area contributed by atoms with Gasteiger partial charge in [0.15, 0.2) is 0 Å². The smallest absolute Gasteiger partial charge is 0.201 e. The second-order valence-corrected chi connectivity index (χ2v) is 3.42. The zero-order chi connectivity index (χ0) is 10.8. The third-order valence-electron chi connectivity index (χ3n) is 2.16. The Balaban J connectivity index is 2.34. The Morgan fingerprint density at radius 2 is 2.40 bits per heavy atom. The maximum atomic E-state index is 12.9. The predicted molar refractivity (Wildman–Crippen MR) is 59.3 cm³/mol. The fourth-order valence-electron chi connectivity index (χ4n) is 1.32. The number of nitrogens with zero attached hydrogens (tertiary/aromatic N) is 1. The fourth-order valence-corrected chi connectivity index (χ4v) is 1.32. The molecule has 1 aromatic carbocycles. The van der Waals surface area contributed by atoms with Crippen molar-refractivity contribution in [1.29, 1.82) is 0 Å². The van der Waals surface area contributed by atoms with Crippen LogP contribution < -0.4 is 5.32 Å². The van der Waals surface area contributed by atoms with Crippen LogP contribution in [0.2, 0.25) is 0 Å².